The molecule has 2 aromatic rings. The molecule has 168 valence electrons. The van der Waals surface area contributed by atoms with E-state index in [2.05, 4.69) is 72.3 Å². The van der Waals surface area contributed by atoms with E-state index in [9.17, 15) is 4.79 Å². The second-order valence-corrected chi connectivity index (χ2v) is 11.5. The zero-order chi connectivity index (χ0) is 22.7. The number of fused-ring (bicyclic) bond motifs is 4. The second kappa shape index (κ2) is 7.95. The molecule has 0 saturated carbocycles. The highest BCUT2D eigenvalue weighted by molar-refractivity contribution is 9.10. The number of hydrogen-bond donors (Lipinski definition) is 1. The van der Waals surface area contributed by atoms with Crippen molar-refractivity contribution in [2.75, 3.05) is 0 Å². The minimum atomic E-state index is -0.947. The van der Waals surface area contributed by atoms with Crippen molar-refractivity contribution in [3.05, 3.63) is 63.6 Å². The first-order valence-electron chi connectivity index (χ1n) is 11.7. The van der Waals surface area contributed by atoms with Gasteiger partial charge in [0.05, 0.1) is 4.99 Å². The number of piperidine rings is 1. The van der Waals surface area contributed by atoms with Gasteiger partial charge in [-0.05, 0) is 67.3 Å². The molecule has 0 radical (unpaired) electrons. The van der Waals surface area contributed by atoms with E-state index < -0.39 is 11.1 Å². The summed E-state index contributed by atoms with van der Waals surface area (Å²) >= 11 is 9.55. The van der Waals surface area contributed by atoms with Gasteiger partial charge in [0, 0.05) is 21.9 Å². The third-order valence-corrected chi connectivity index (χ3v) is 8.78. The average Bonchev–Trinajstić information content (AvgIpc) is 2.89. The first kappa shape index (κ1) is 22.1. The van der Waals surface area contributed by atoms with Crippen molar-refractivity contribution in [2.45, 2.75) is 64.0 Å². The molecule has 2 aromatic carbocycles. The van der Waals surface area contributed by atoms with E-state index in [1.807, 2.05) is 12.1 Å². The molecule has 5 heteroatoms. The predicted octanol–water partition coefficient (Wildman–Crippen LogP) is 6.15. The molecule has 1 aliphatic carbocycles. The summed E-state index contributed by atoms with van der Waals surface area (Å²) in [5, 5.41) is 3.63. The summed E-state index contributed by atoms with van der Waals surface area (Å²) in [5.41, 5.74) is 2.05. The lowest BCUT2D eigenvalue weighted by molar-refractivity contribution is -0.141. The first-order chi connectivity index (χ1) is 15.3. The van der Waals surface area contributed by atoms with Crippen molar-refractivity contribution in [3.8, 4) is 5.75 Å². The van der Waals surface area contributed by atoms with Gasteiger partial charge >= 0.3 is 0 Å². The van der Waals surface area contributed by atoms with Gasteiger partial charge in [0.2, 0.25) is 0 Å². The van der Waals surface area contributed by atoms with E-state index in [4.69, 9.17) is 17.0 Å². The highest BCUT2D eigenvalue weighted by Crippen LogP contribution is 2.57. The van der Waals surface area contributed by atoms with Crippen molar-refractivity contribution < 1.29 is 9.53 Å². The number of nitrogens with one attached hydrogen (secondary N) is 1. The zero-order valence-electron chi connectivity index (χ0n) is 18.9. The van der Waals surface area contributed by atoms with Crippen LogP contribution in [0.1, 0.15) is 56.7 Å². The Morgan fingerprint density at radius 2 is 1.81 bits per heavy atom. The van der Waals surface area contributed by atoms with Crippen LogP contribution >= 0.6 is 28.1 Å². The summed E-state index contributed by atoms with van der Waals surface area (Å²) in [7, 11) is 0. The molecular weight excluding hydrogens is 482 g/mol. The third-order valence-electron chi connectivity index (χ3n) is 7.81. The number of halogens is 1. The van der Waals surface area contributed by atoms with E-state index in [0.717, 1.165) is 52.9 Å². The van der Waals surface area contributed by atoms with Crippen LogP contribution in [0, 0.1) is 17.8 Å². The van der Waals surface area contributed by atoms with Crippen LogP contribution in [0.5, 0.6) is 5.75 Å². The molecule has 1 saturated heterocycles. The highest BCUT2D eigenvalue weighted by atomic mass is 79.9. The number of rotatable bonds is 2. The molecule has 32 heavy (non-hydrogen) atoms. The largest absolute Gasteiger partial charge is 0.484 e. The number of Topliss-reactive ketones (excluding diaryl/α,β-unsaturated/α-hetero) is 1. The number of hydrogen-bond acceptors (Lipinski definition) is 3. The standard InChI is InChI=1S/C27H30BrNO2S/c1-16(2)14-21-17(3)25(32)29-27(24(21)30)22-15-20(28)8-9-23(22)31-26(27)12-10-18-6-4-5-7-19(18)11-13-26/h4-9,15-17,21H,10-14H2,1-3H3,(H,29,32). The van der Waals surface area contributed by atoms with Crippen LogP contribution in [-0.4, -0.2) is 16.4 Å². The molecule has 0 amide bonds. The molecule has 5 rings (SSSR count). The van der Waals surface area contributed by atoms with Gasteiger partial charge < -0.3 is 10.1 Å². The second-order valence-electron chi connectivity index (χ2n) is 10.1. The molecule has 1 fully saturated rings. The number of ether oxygens (including phenoxy) is 1. The number of carbonyl (C=O) groups excluding carboxylic acids is 1. The van der Waals surface area contributed by atoms with Crippen molar-refractivity contribution in [3.63, 3.8) is 0 Å². The van der Waals surface area contributed by atoms with Crippen molar-refractivity contribution >= 4 is 38.9 Å². The maximum absolute atomic E-state index is 14.6. The van der Waals surface area contributed by atoms with Gasteiger partial charge in [-0.25, -0.2) is 0 Å². The summed E-state index contributed by atoms with van der Waals surface area (Å²) in [4.78, 5) is 15.3. The van der Waals surface area contributed by atoms with Gasteiger partial charge in [-0.15, -0.1) is 0 Å². The molecule has 1 N–H and O–H groups in total. The molecule has 3 nitrogen and oxygen atoms in total. The van der Waals surface area contributed by atoms with Crippen LogP contribution in [0.4, 0.5) is 0 Å². The fourth-order valence-electron chi connectivity index (χ4n) is 6.14. The first-order valence-corrected chi connectivity index (χ1v) is 12.9. The predicted molar refractivity (Wildman–Crippen MR) is 135 cm³/mol. The van der Waals surface area contributed by atoms with Gasteiger partial charge in [-0.3, -0.25) is 4.79 Å². The van der Waals surface area contributed by atoms with Crippen LogP contribution in [0.15, 0.2) is 46.9 Å². The minimum absolute atomic E-state index is 0.0294. The number of thiocarbonyl (C=S) groups is 1. The highest BCUT2D eigenvalue weighted by Gasteiger charge is 2.67. The third kappa shape index (κ3) is 3.19. The van der Waals surface area contributed by atoms with Gasteiger partial charge in [-0.2, -0.15) is 0 Å². The minimum Gasteiger partial charge on any atom is -0.484 e. The van der Waals surface area contributed by atoms with E-state index in [-0.39, 0.29) is 17.6 Å². The maximum atomic E-state index is 14.6. The topological polar surface area (TPSA) is 38.3 Å². The Hall–Kier alpha value is -1.72. The van der Waals surface area contributed by atoms with Crippen LogP contribution in [0.2, 0.25) is 0 Å². The fraction of sp³-hybridized carbons (Fsp3) is 0.481. The molecule has 0 aromatic heterocycles. The molecule has 2 spiro atoms. The van der Waals surface area contributed by atoms with Crippen LogP contribution < -0.4 is 10.1 Å². The Balaban J connectivity index is 1.68. The van der Waals surface area contributed by atoms with Crippen molar-refractivity contribution in [1.29, 1.82) is 0 Å². The smallest absolute Gasteiger partial charge is 0.170 e. The average molecular weight is 513 g/mol. The number of benzene rings is 2. The molecule has 2 heterocycles. The Morgan fingerprint density at radius 3 is 2.44 bits per heavy atom. The lowest BCUT2D eigenvalue weighted by Crippen LogP contribution is -2.71. The zero-order valence-corrected chi connectivity index (χ0v) is 21.3. The summed E-state index contributed by atoms with van der Waals surface area (Å²) in [6, 6.07) is 14.7. The number of aryl methyl sites for hydroxylation is 2. The van der Waals surface area contributed by atoms with E-state index in [1.165, 1.54) is 11.1 Å². The normalized spacial score (nSPS) is 28.3. The summed E-state index contributed by atoms with van der Waals surface area (Å²) < 4.78 is 7.79. The number of ketones is 1. The van der Waals surface area contributed by atoms with Gasteiger partial charge in [0.25, 0.3) is 0 Å². The summed E-state index contributed by atoms with van der Waals surface area (Å²) in [6.45, 7) is 6.47. The molecule has 3 unspecified atom stereocenters. The Morgan fingerprint density at radius 1 is 1.16 bits per heavy atom. The Labute approximate surface area is 204 Å². The summed E-state index contributed by atoms with van der Waals surface area (Å²) in [6.07, 6.45) is 4.17. The van der Waals surface area contributed by atoms with Crippen LogP contribution in [0.3, 0.4) is 0 Å². The quantitative estimate of drug-likeness (QED) is 0.490. The lowest BCUT2D eigenvalue weighted by Gasteiger charge is -2.50. The SMILES string of the molecule is CC(C)CC1C(=O)C2(NC(=S)C1C)c1cc(Br)ccc1OC21CCc2ccccc2CC1. The van der Waals surface area contributed by atoms with Crippen molar-refractivity contribution in [2.24, 2.45) is 17.8 Å². The van der Waals surface area contributed by atoms with Crippen molar-refractivity contribution in [1.82, 2.24) is 5.32 Å². The van der Waals surface area contributed by atoms with Gasteiger partial charge in [0.1, 0.15) is 11.4 Å². The summed E-state index contributed by atoms with van der Waals surface area (Å²) in [5.74, 6) is 1.39. The molecule has 2 aliphatic heterocycles. The Kier molecular flexibility index (Phi) is 5.49. The van der Waals surface area contributed by atoms with Gasteiger partial charge in [0.15, 0.2) is 11.3 Å². The molecule has 3 atom stereocenters. The Bertz CT molecular complexity index is 1070. The molecular formula is C27H30BrNO2S. The maximum Gasteiger partial charge on any atom is 0.170 e. The lowest BCUT2D eigenvalue weighted by atomic mass is 9.62. The van der Waals surface area contributed by atoms with Crippen LogP contribution in [0.25, 0.3) is 0 Å². The fourth-order valence-corrected chi connectivity index (χ4v) is 6.82. The van der Waals surface area contributed by atoms with E-state index in [0.29, 0.717) is 5.92 Å². The van der Waals surface area contributed by atoms with Crippen LogP contribution in [-0.2, 0) is 23.2 Å². The molecule has 0 bridgehead atoms. The van der Waals surface area contributed by atoms with Gasteiger partial charge in [-0.1, -0.05) is 73.2 Å². The molecule has 3 aliphatic rings. The monoisotopic (exact) mass is 511 g/mol. The number of carbonyl (C=O) groups is 1. The van der Waals surface area contributed by atoms with E-state index in [1.54, 1.807) is 0 Å². The van der Waals surface area contributed by atoms with E-state index >= 15 is 0 Å².